The van der Waals surface area contributed by atoms with Crippen LogP contribution in [0.25, 0.3) is 0 Å². The highest BCUT2D eigenvalue weighted by Crippen LogP contribution is 2.21. The Hall–Kier alpha value is -1.24. The van der Waals surface area contributed by atoms with Crippen LogP contribution < -0.4 is 0 Å². The fourth-order valence-corrected chi connectivity index (χ4v) is 2.69. The minimum atomic E-state index is -0.483. The summed E-state index contributed by atoms with van der Waals surface area (Å²) in [4.78, 5) is 14.8. The van der Waals surface area contributed by atoms with E-state index >= 15 is 0 Å². The van der Waals surface area contributed by atoms with E-state index in [0.717, 1.165) is 4.90 Å². The molecule has 0 aliphatic carbocycles. The zero-order valence-electron chi connectivity index (χ0n) is 14.2. The van der Waals surface area contributed by atoms with Crippen LogP contribution in [0.3, 0.4) is 0 Å². The molecule has 0 aromatic heterocycles. The third kappa shape index (κ3) is 6.41. The Bertz CT molecular complexity index is 512. The van der Waals surface area contributed by atoms with Crippen molar-refractivity contribution in [2.45, 2.75) is 44.3 Å². The highest BCUT2D eigenvalue weighted by molar-refractivity contribution is 7.94. The Morgan fingerprint density at radius 2 is 2.04 bits per heavy atom. The second kappa shape index (κ2) is 8.04. The maximum Gasteiger partial charge on any atom is 0.410 e. The van der Waals surface area contributed by atoms with Crippen LogP contribution in [-0.4, -0.2) is 49.0 Å². The van der Waals surface area contributed by atoms with Crippen molar-refractivity contribution in [3.8, 4) is 0 Å². The first-order valence-corrected chi connectivity index (χ1v) is 8.53. The molecule has 1 atom stereocenters. The van der Waals surface area contributed by atoms with Crippen molar-refractivity contribution in [2.24, 2.45) is 0 Å². The Labute approximate surface area is 142 Å². The summed E-state index contributed by atoms with van der Waals surface area (Å²) >= 11 is 1.33. The van der Waals surface area contributed by atoms with Crippen LogP contribution in [0.2, 0.25) is 0 Å². The van der Waals surface area contributed by atoms with Gasteiger partial charge in [-0.15, -0.1) is 0 Å². The number of benzene rings is 1. The Morgan fingerprint density at radius 3 is 2.70 bits per heavy atom. The summed E-state index contributed by atoms with van der Waals surface area (Å²) in [5.74, 6) is 0. The Balaban J connectivity index is 1.75. The number of nitrogens with zero attached hydrogens (tertiary/aromatic N) is 1. The monoisotopic (exact) mass is 339 g/mol. The average Bonchev–Trinajstić information content (AvgIpc) is 2.48. The normalized spacial score (nSPS) is 18.8. The molecule has 1 aliphatic rings. The minimum absolute atomic E-state index is 0.130. The molecule has 0 saturated carbocycles. The molecule has 1 aliphatic heterocycles. The molecule has 128 valence electrons. The number of ether oxygens (including phenoxy) is 2. The summed E-state index contributed by atoms with van der Waals surface area (Å²) in [7, 11) is 0. The van der Waals surface area contributed by atoms with Crippen molar-refractivity contribution < 1.29 is 18.5 Å². The van der Waals surface area contributed by atoms with Crippen LogP contribution >= 0.6 is 12.0 Å². The van der Waals surface area contributed by atoms with Gasteiger partial charge in [0.05, 0.1) is 25.9 Å². The molecule has 1 fully saturated rings. The largest absolute Gasteiger partial charge is 0.444 e. The molecular formula is C17H25NO4S. The molecule has 1 unspecified atom stereocenters. The summed E-state index contributed by atoms with van der Waals surface area (Å²) in [5.41, 5.74) is 0.737. The SMILES string of the molecule is Cc1ccc(SOCC2CN(C(=O)OC(C)(C)C)CCO2)cc1. The Morgan fingerprint density at radius 1 is 1.35 bits per heavy atom. The van der Waals surface area contributed by atoms with E-state index in [2.05, 4.69) is 6.92 Å². The van der Waals surface area contributed by atoms with Gasteiger partial charge in [0.15, 0.2) is 0 Å². The van der Waals surface area contributed by atoms with Gasteiger partial charge in [-0.1, -0.05) is 17.7 Å². The van der Waals surface area contributed by atoms with Crippen LogP contribution in [0.15, 0.2) is 29.2 Å². The van der Waals surface area contributed by atoms with E-state index in [1.165, 1.54) is 17.6 Å². The van der Waals surface area contributed by atoms with Gasteiger partial charge in [0, 0.05) is 23.5 Å². The average molecular weight is 339 g/mol. The van der Waals surface area contributed by atoms with Gasteiger partial charge < -0.3 is 18.6 Å². The van der Waals surface area contributed by atoms with Crippen molar-refractivity contribution in [3.63, 3.8) is 0 Å². The lowest BCUT2D eigenvalue weighted by molar-refractivity contribution is -0.0536. The number of carbonyl (C=O) groups excluding carboxylic acids is 1. The summed E-state index contributed by atoms with van der Waals surface area (Å²) in [5, 5.41) is 0. The van der Waals surface area contributed by atoms with E-state index in [9.17, 15) is 4.79 Å². The second-order valence-corrected chi connectivity index (χ2v) is 7.47. The second-order valence-electron chi connectivity index (χ2n) is 6.60. The van der Waals surface area contributed by atoms with Crippen molar-refractivity contribution in [1.82, 2.24) is 4.90 Å². The molecule has 1 aromatic rings. The van der Waals surface area contributed by atoms with Crippen molar-refractivity contribution in [3.05, 3.63) is 29.8 Å². The molecule has 1 amide bonds. The number of morpholine rings is 1. The summed E-state index contributed by atoms with van der Waals surface area (Å²) in [6, 6.07) is 8.14. The molecule has 0 bridgehead atoms. The van der Waals surface area contributed by atoms with Gasteiger partial charge in [-0.25, -0.2) is 4.79 Å². The highest BCUT2D eigenvalue weighted by atomic mass is 32.2. The lowest BCUT2D eigenvalue weighted by Crippen LogP contribution is -2.48. The quantitative estimate of drug-likeness (QED) is 0.784. The van der Waals surface area contributed by atoms with Crippen molar-refractivity contribution in [2.75, 3.05) is 26.3 Å². The number of hydrogen-bond donors (Lipinski definition) is 0. The molecule has 23 heavy (non-hydrogen) atoms. The number of aryl methyl sites for hydroxylation is 1. The van der Waals surface area contributed by atoms with Crippen molar-refractivity contribution >= 4 is 18.1 Å². The zero-order valence-corrected chi connectivity index (χ0v) is 15.0. The molecule has 2 rings (SSSR count). The predicted octanol–water partition coefficient (Wildman–Crippen LogP) is 3.65. The van der Waals surface area contributed by atoms with Gasteiger partial charge in [0.2, 0.25) is 0 Å². The van der Waals surface area contributed by atoms with Crippen LogP contribution in [0.4, 0.5) is 4.79 Å². The van der Waals surface area contributed by atoms with Gasteiger partial charge >= 0.3 is 6.09 Å². The Kier molecular flexibility index (Phi) is 6.33. The number of carbonyl (C=O) groups is 1. The fraction of sp³-hybridized carbons (Fsp3) is 0.588. The number of amides is 1. The van der Waals surface area contributed by atoms with Crippen LogP contribution in [0, 0.1) is 6.92 Å². The maximum atomic E-state index is 12.1. The molecule has 0 radical (unpaired) electrons. The van der Waals surface area contributed by atoms with Gasteiger partial charge in [-0.05, 0) is 39.8 Å². The molecule has 1 saturated heterocycles. The third-order valence-electron chi connectivity index (χ3n) is 3.22. The minimum Gasteiger partial charge on any atom is -0.444 e. The molecule has 1 heterocycles. The molecule has 6 heteroatoms. The van der Waals surface area contributed by atoms with Gasteiger partial charge in [0.25, 0.3) is 0 Å². The summed E-state index contributed by atoms with van der Waals surface area (Å²) in [6.07, 6.45) is -0.425. The smallest absolute Gasteiger partial charge is 0.410 e. The van der Waals surface area contributed by atoms with Crippen LogP contribution in [0.1, 0.15) is 26.3 Å². The first-order chi connectivity index (χ1) is 10.8. The number of hydrogen-bond acceptors (Lipinski definition) is 5. The maximum absolute atomic E-state index is 12.1. The summed E-state index contributed by atoms with van der Waals surface area (Å²) in [6.45, 7) is 9.62. The topological polar surface area (TPSA) is 48.0 Å². The van der Waals surface area contributed by atoms with Crippen molar-refractivity contribution in [1.29, 1.82) is 0 Å². The molecular weight excluding hydrogens is 314 g/mol. The third-order valence-corrected chi connectivity index (χ3v) is 3.94. The standard InChI is InChI=1S/C17H25NO4S/c1-13-5-7-15(8-6-13)23-21-12-14-11-18(9-10-20-14)16(19)22-17(2,3)4/h5-8,14H,9-12H2,1-4H3. The van der Waals surface area contributed by atoms with E-state index in [1.54, 1.807) is 4.90 Å². The zero-order chi connectivity index (χ0) is 16.9. The van der Waals surface area contributed by atoms with Gasteiger partial charge in [0.1, 0.15) is 5.60 Å². The van der Waals surface area contributed by atoms with E-state index in [0.29, 0.717) is 26.3 Å². The van der Waals surface area contributed by atoms with Gasteiger partial charge in [-0.3, -0.25) is 0 Å². The lowest BCUT2D eigenvalue weighted by atomic mass is 10.2. The van der Waals surface area contributed by atoms with E-state index in [-0.39, 0.29) is 12.2 Å². The van der Waals surface area contributed by atoms with E-state index < -0.39 is 5.60 Å². The van der Waals surface area contributed by atoms with E-state index in [1.807, 2.05) is 45.0 Å². The first kappa shape index (κ1) is 18.1. The molecule has 0 N–H and O–H groups in total. The lowest BCUT2D eigenvalue weighted by Gasteiger charge is -2.33. The molecule has 1 aromatic carbocycles. The highest BCUT2D eigenvalue weighted by Gasteiger charge is 2.28. The molecule has 5 nitrogen and oxygen atoms in total. The number of rotatable bonds is 4. The van der Waals surface area contributed by atoms with Crippen LogP contribution in [-0.2, 0) is 13.7 Å². The predicted molar refractivity (Wildman–Crippen MR) is 90.5 cm³/mol. The molecule has 0 spiro atoms. The first-order valence-electron chi connectivity index (χ1n) is 7.79. The van der Waals surface area contributed by atoms with Gasteiger partial charge in [-0.2, -0.15) is 0 Å². The van der Waals surface area contributed by atoms with Crippen LogP contribution in [0.5, 0.6) is 0 Å². The fourth-order valence-electron chi connectivity index (χ4n) is 2.08. The van der Waals surface area contributed by atoms with E-state index in [4.69, 9.17) is 13.7 Å². The summed E-state index contributed by atoms with van der Waals surface area (Å²) < 4.78 is 16.7.